The summed E-state index contributed by atoms with van der Waals surface area (Å²) in [4.78, 5) is 13.8. The summed E-state index contributed by atoms with van der Waals surface area (Å²) in [5.74, 6) is 0.396. The zero-order valence-corrected chi connectivity index (χ0v) is 13.3. The molecule has 0 saturated heterocycles. The Kier molecular flexibility index (Phi) is 7.73. The first-order chi connectivity index (χ1) is 11.2. The van der Waals surface area contributed by atoms with Crippen molar-refractivity contribution in [3.05, 3.63) is 61.3 Å². The van der Waals surface area contributed by atoms with Crippen LogP contribution in [0.5, 0.6) is 5.75 Å². The molecule has 0 unspecified atom stereocenters. The van der Waals surface area contributed by atoms with E-state index in [1.807, 2.05) is 37.3 Å². The largest absolute Gasteiger partial charge is 0.494 e. The summed E-state index contributed by atoms with van der Waals surface area (Å²) in [5.41, 5.74) is 0.774. The standard InChI is InChI=1S/C18H21N3O2/c1-4-11-21(12-5-2)18(22)15(13-19)14-20-16-7-9-17(10-8-16)23-6-3/h4-5,7-10,14,20H,1-2,6,11-12H2,3H3/b15-14-. The van der Waals surface area contributed by atoms with E-state index in [0.717, 1.165) is 11.4 Å². The predicted octanol–water partition coefficient (Wildman–Crippen LogP) is 3.11. The van der Waals surface area contributed by atoms with Gasteiger partial charge in [0.15, 0.2) is 0 Å². The second-order valence-corrected chi connectivity index (χ2v) is 4.56. The molecule has 1 N–H and O–H groups in total. The highest BCUT2D eigenvalue weighted by Gasteiger charge is 2.15. The van der Waals surface area contributed by atoms with Crippen LogP contribution in [0.15, 0.2) is 61.3 Å². The van der Waals surface area contributed by atoms with Crippen molar-refractivity contribution in [3.63, 3.8) is 0 Å². The molecule has 0 bridgehead atoms. The summed E-state index contributed by atoms with van der Waals surface area (Å²) >= 11 is 0. The zero-order chi connectivity index (χ0) is 17.1. The van der Waals surface area contributed by atoms with E-state index in [4.69, 9.17) is 4.74 Å². The van der Waals surface area contributed by atoms with E-state index >= 15 is 0 Å². The number of nitrogens with one attached hydrogen (secondary N) is 1. The molecule has 0 heterocycles. The van der Waals surface area contributed by atoms with Crippen LogP contribution in [0.3, 0.4) is 0 Å². The second-order valence-electron chi connectivity index (χ2n) is 4.56. The minimum Gasteiger partial charge on any atom is -0.494 e. The Balaban J connectivity index is 2.81. The van der Waals surface area contributed by atoms with E-state index in [0.29, 0.717) is 19.7 Å². The fraction of sp³-hybridized carbons (Fsp3) is 0.222. The van der Waals surface area contributed by atoms with Gasteiger partial charge in [-0.05, 0) is 31.2 Å². The van der Waals surface area contributed by atoms with Crippen LogP contribution in [0.2, 0.25) is 0 Å². The van der Waals surface area contributed by atoms with E-state index in [9.17, 15) is 10.1 Å². The van der Waals surface area contributed by atoms with Gasteiger partial charge in [0, 0.05) is 25.0 Å². The van der Waals surface area contributed by atoms with Gasteiger partial charge in [-0.25, -0.2) is 0 Å². The number of benzene rings is 1. The lowest BCUT2D eigenvalue weighted by atomic mass is 10.2. The van der Waals surface area contributed by atoms with Crippen LogP contribution in [-0.4, -0.2) is 30.5 Å². The number of hydrogen-bond donors (Lipinski definition) is 1. The molecule has 0 aliphatic heterocycles. The molecular formula is C18H21N3O2. The van der Waals surface area contributed by atoms with Gasteiger partial charge in [0.25, 0.3) is 5.91 Å². The molecular weight excluding hydrogens is 290 g/mol. The number of carbonyl (C=O) groups excluding carboxylic acids is 1. The maximum atomic E-state index is 12.3. The summed E-state index contributed by atoms with van der Waals surface area (Å²) < 4.78 is 5.36. The van der Waals surface area contributed by atoms with Gasteiger partial charge in [0.1, 0.15) is 17.4 Å². The summed E-state index contributed by atoms with van der Waals surface area (Å²) in [6, 6.07) is 9.17. The second kappa shape index (κ2) is 9.85. The van der Waals surface area contributed by atoms with Gasteiger partial charge in [0.05, 0.1) is 6.61 Å². The molecule has 1 rings (SSSR count). The van der Waals surface area contributed by atoms with Gasteiger partial charge in [-0.2, -0.15) is 5.26 Å². The number of anilines is 1. The quantitative estimate of drug-likeness (QED) is 0.432. The maximum absolute atomic E-state index is 12.3. The summed E-state index contributed by atoms with van der Waals surface area (Å²) in [6.45, 7) is 10.4. The van der Waals surface area contributed by atoms with Crippen LogP contribution < -0.4 is 10.1 Å². The van der Waals surface area contributed by atoms with Crippen molar-refractivity contribution in [2.75, 3.05) is 25.0 Å². The molecule has 1 aromatic rings. The lowest BCUT2D eigenvalue weighted by Gasteiger charge is -2.18. The highest BCUT2D eigenvalue weighted by molar-refractivity contribution is 5.97. The van der Waals surface area contributed by atoms with Crippen molar-refractivity contribution >= 4 is 11.6 Å². The number of nitrogens with zero attached hydrogens (tertiary/aromatic N) is 2. The van der Waals surface area contributed by atoms with Crippen molar-refractivity contribution < 1.29 is 9.53 Å². The lowest BCUT2D eigenvalue weighted by molar-refractivity contribution is -0.125. The number of rotatable bonds is 9. The molecule has 0 atom stereocenters. The number of hydrogen-bond acceptors (Lipinski definition) is 4. The minimum atomic E-state index is -0.370. The fourth-order valence-electron chi connectivity index (χ4n) is 1.83. The molecule has 0 saturated carbocycles. The molecule has 23 heavy (non-hydrogen) atoms. The number of nitriles is 1. The van der Waals surface area contributed by atoms with E-state index < -0.39 is 0 Å². The average molecular weight is 311 g/mol. The molecule has 0 aliphatic carbocycles. The summed E-state index contributed by atoms with van der Waals surface area (Å²) in [7, 11) is 0. The van der Waals surface area contributed by atoms with Crippen LogP contribution in [0.25, 0.3) is 0 Å². The Morgan fingerprint density at radius 3 is 2.39 bits per heavy atom. The van der Waals surface area contributed by atoms with E-state index in [2.05, 4.69) is 18.5 Å². The topological polar surface area (TPSA) is 65.4 Å². The van der Waals surface area contributed by atoms with E-state index in [1.165, 1.54) is 11.1 Å². The molecule has 0 aliphatic rings. The van der Waals surface area contributed by atoms with Crippen molar-refractivity contribution in [1.29, 1.82) is 5.26 Å². The number of ether oxygens (including phenoxy) is 1. The molecule has 1 aromatic carbocycles. The van der Waals surface area contributed by atoms with Gasteiger partial charge < -0.3 is 15.0 Å². The predicted molar refractivity (Wildman–Crippen MR) is 91.9 cm³/mol. The van der Waals surface area contributed by atoms with Gasteiger partial charge in [-0.3, -0.25) is 4.79 Å². The maximum Gasteiger partial charge on any atom is 0.266 e. The first kappa shape index (κ1) is 18.1. The Hall–Kier alpha value is -3.00. The highest BCUT2D eigenvalue weighted by atomic mass is 16.5. The molecule has 1 amide bonds. The van der Waals surface area contributed by atoms with Crippen LogP contribution >= 0.6 is 0 Å². The number of amides is 1. The van der Waals surface area contributed by atoms with Gasteiger partial charge in [-0.1, -0.05) is 12.2 Å². The normalized spacial score (nSPS) is 10.3. The molecule has 5 nitrogen and oxygen atoms in total. The molecule has 0 fully saturated rings. The Bertz CT molecular complexity index is 602. The third-order valence-electron chi connectivity index (χ3n) is 2.89. The average Bonchev–Trinajstić information content (AvgIpc) is 2.56. The summed E-state index contributed by atoms with van der Waals surface area (Å²) in [6.07, 6.45) is 4.61. The minimum absolute atomic E-state index is 0.0163. The van der Waals surface area contributed by atoms with Crippen LogP contribution in [0.1, 0.15) is 6.92 Å². The number of carbonyl (C=O) groups is 1. The van der Waals surface area contributed by atoms with Gasteiger partial charge >= 0.3 is 0 Å². The zero-order valence-electron chi connectivity index (χ0n) is 13.3. The first-order valence-corrected chi connectivity index (χ1v) is 7.27. The first-order valence-electron chi connectivity index (χ1n) is 7.27. The monoisotopic (exact) mass is 311 g/mol. The SMILES string of the molecule is C=CCN(CC=C)C(=O)/C(C#N)=C\Nc1ccc(OCC)cc1. The van der Waals surface area contributed by atoms with E-state index in [-0.39, 0.29) is 11.5 Å². The van der Waals surface area contributed by atoms with Crippen LogP contribution in [0.4, 0.5) is 5.69 Å². The molecule has 0 spiro atoms. The van der Waals surface area contributed by atoms with Gasteiger partial charge in [0.2, 0.25) is 0 Å². The third-order valence-corrected chi connectivity index (χ3v) is 2.89. The Morgan fingerprint density at radius 2 is 1.91 bits per heavy atom. The van der Waals surface area contributed by atoms with Crippen molar-refractivity contribution in [1.82, 2.24) is 4.90 Å². The van der Waals surface area contributed by atoms with E-state index in [1.54, 1.807) is 12.2 Å². The van der Waals surface area contributed by atoms with Gasteiger partial charge in [-0.15, -0.1) is 13.2 Å². The summed E-state index contributed by atoms with van der Waals surface area (Å²) in [5, 5.41) is 12.1. The smallest absolute Gasteiger partial charge is 0.266 e. The van der Waals surface area contributed by atoms with Crippen molar-refractivity contribution in [2.24, 2.45) is 0 Å². The van der Waals surface area contributed by atoms with Crippen molar-refractivity contribution in [2.45, 2.75) is 6.92 Å². The fourth-order valence-corrected chi connectivity index (χ4v) is 1.83. The third kappa shape index (κ3) is 5.71. The highest BCUT2D eigenvalue weighted by Crippen LogP contribution is 2.16. The molecule has 0 radical (unpaired) electrons. The molecule has 5 heteroatoms. The van der Waals surface area contributed by atoms with Crippen molar-refractivity contribution in [3.8, 4) is 11.8 Å². The Morgan fingerprint density at radius 1 is 1.30 bits per heavy atom. The molecule has 0 aromatic heterocycles. The molecule has 120 valence electrons. The van der Waals surface area contributed by atoms with Crippen LogP contribution in [0, 0.1) is 11.3 Å². The van der Waals surface area contributed by atoms with Crippen LogP contribution in [-0.2, 0) is 4.79 Å². The Labute approximate surface area is 137 Å². The lowest BCUT2D eigenvalue weighted by Crippen LogP contribution is -2.32.